The lowest BCUT2D eigenvalue weighted by Crippen LogP contribution is -2.29. The topological polar surface area (TPSA) is 158 Å². The van der Waals surface area contributed by atoms with Crippen LogP contribution in [0.4, 0.5) is 23.8 Å². The highest BCUT2D eigenvalue weighted by Gasteiger charge is 2.18. The van der Waals surface area contributed by atoms with Crippen LogP contribution in [0.3, 0.4) is 0 Å². The van der Waals surface area contributed by atoms with E-state index in [1.165, 1.54) is 7.11 Å². The second-order valence-electron chi connectivity index (χ2n) is 8.02. The predicted octanol–water partition coefficient (Wildman–Crippen LogP) is 3.19. The van der Waals surface area contributed by atoms with E-state index in [0.717, 1.165) is 6.54 Å². The molecule has 0 aliphatic heterocycles. The normalized spacial score (nSPS) is 10.9. The molecule has 0 aromatic carbocycles. The van der Waals surface area contributed by atoms with E-state index < -0.39 is 5.54 Å². The summed E-state index contributed by atoms with van der Waals surface area (Å²) in [5.41, 5.74) is -0.857. The Morgan fingerprint density at radius 3 is 1.75 bits per heavy atom. The lowest BCUT2D eigenvalue weighted by molar-refractivity contribution is 0.379. The summed E-state index contributed by atoms with van der Waals surface area (Å²) < 4.78 is 5.01. The highest BCUT2D eigenvalue weighted by molar-refractivity contribution is 6.28. The number of hydrogen-bond acceptors (Lipinski definition) is 12. The lowest BCUT2D eigenvalue weighted by atomic mass is 10.1. The smallest absolute Gasteiger partial charge is 0.322 e. The van der Waals surface area contributed by atoms with Crippen molar-refractivity contribution in [2.24, 2.45) is 0 Å². The average molecular weight is 466 g/mol. The van der Waals surface area contributed by atoms with Crippen molar-refractivity contribution in [1.29, 1.82) is 5.26 Å². The largest absolute Gasteiger partial charge is 0.467 e. The van der Waals surface area contributed by atoms with Crippen LogP contribution in [-0.4, -0.2) is 61.2 Å². The maximum atomic E-state index is 8.87. The number of anilines is 4. The number of rotatable bonds is 8. The van der Waals surface area contributed by atoms with Gasteiger partial charge >= 0.3 is 6.01 Å². The molecule has 4 N–H and O–H groups in total. The zero-order valence-corrected chi connectivity index (χ0v) is 20.6. The van der Waals surface area contributed by atoms with Crippen molar-refractivity contribution in [3.05, 3.63) is 5.28 Å². The summed E-state index contributed by atoms with van der Waals surface area (Å²) in [6.07, 6.45) is 0. The molecular formula is C19H32ClN11O. The molecule has 0 amide bonds. The summed E-state index contributed by atoms with van der Waals surface area (Å²) in [4.78, 5) is 24.3. The first kappa shape index (κ1) is 26.8. The first-order chi connectivity index (χ1) is 14.9. The van der Waals surface area contributed by atoms with Crippen LogP contribution in [0.5, 0.6) is 6.01 Å². The number of ether oxygens (including phenoxy) is 1. The second-order valence-corrected chi connectivity index (χ2v) is 8.36. The molecule has 176 valence electrons. The van der Waals surface area contributed by atoms with Gasteiger partial charge in [-0.15, -0.1) is 0 Å². The molecule has 0 bridgehead atoms. The molecule has 0 spiro atoms. The third kappa shape index (κ3) is 10.2. The average Bonchev–Trinajstić information content (AvgIpc) is 2.66. The van der Waals surface area contributed by atoms with E-state index in [1.807, 2.05) is 34.6 Å². The molecule has 0 aliphatic carbocycles. The number of hydrogen-bond donors (Lipinski definition) is 4. The van der Waals surface area contributed by atoms with Crippen LogP contribution in [0.25, 0.3) is 0 Å². The molecule has 0 fully saturated rings. The Hall–Kier alpha value is -3.20. The Morgan fingerprint density at radius 2 is 1.28 bits per heavy atom. The molecule has 2 aromatic rings. The molecule has 0 radical (unpaired) electrons. The minimum absolute atomic E-state index is 0.0854. The fraction of sp³-hybridized carbons (Fsp3) is 0.632. The van der Waals surface area contributed by atoms with Gasteiger partial charge in [0.25, 0.3) is 0 Å². The molecule has 2 heterocycles. The quantitative estimate of drug-likeness (QED) is 0.451. The van der Waals surface area contributed by atoms with Crippen molar-refractivity contribution in [2.75, 3.05) is 41.5 Å². The minimum Gasteiger partial charge on any atom is -0.467 e. The third-order valence-corrected chi connectivity index (χ3v) is 3.44. The van der Waals surface area contributed by atoms with Crippen molar-refractivity contribution < 1.29 is 4.74 Å². The van der Waals surface area contributed by atoms with Gasteiger partial charge in [0.2, 0.25) is 29.1 Å². The molecule has 2 rings (SSSR count). The predicted molar refractivity (Wildman–Crippen MR) is 126 cm³/mol. The fourth-order valence-corrected chi connectivity index (χ4v) is 2.19. The third-order valence-electron chi connectivity index (χ3n) is 3.27. The number of halogens is 1. The van der Waals surface area contributed by atoms with Crippen LogP contribution in [0.1, 0.15) is 48.5 Å². The van der Waals surface area contributed by atoms with E-state index in [9.17, 15) is 0 Å². The van der Waals surface area contributed by atoms with Crippen molar-refractivity contribution in [3.8, 4) is 12.1 Å². The van der Waals surface area contributed by atoms with Crippen molar-refractivity contribution in [3.63, 3.8) is 0 Å². The molecule has 0 atom stereocenters. The summed E-state index contributed by atoms with van der Waals surface area (Å²) in [5.74, 6) is 1.69. The van der Waals surface area contributed by atoms with Gasteiger partial charge in [-0.2, -0.15) is 35.2 Å². The van der Waals surface area contributed by atoms with Crippen LogP contribution < -0.4 is 26.0 Å². The number of nitriles is 1. The van der Waals surface area contributed by atoms with Crippen molar-refractivity contribution in [2.45, 2.75) is 59.5 Å². The van der Waals surface area contributed by atoms with Crippen LogP contribution >= 0.6 is 11.6 Å². The molecule has 0 aliphatic rings. The van der Waals surface area contributed by atoms with Gasteiger partial charge in [-0.1, -0.05) is 0 Å². The van der Waals surface area contributed by atoms with Gasteiger partial charge in [0.1, 0.15) is 5.54 Å². The van der Waals surface area contributed by atoms with Crippen molar-refractivity contribution in [1.82, 2.24) is 29.9 Å². The zero-order chi connectivity index (χ0) is 24.4. The first-order valence-electron chi connectivity index (χ1n) is 10.1. The maximum Gasteiger partial charge on any atom is 0.322 e. The van der Waals surface area contributed by atoms with E-state index in [0.29, 0.717) is 30.4 Å². The van der Waals surface area contributed by atoms with Crippen LogP contribution in [0.15, 0.2) is 0 Å². The van der Waals surface area contributed by atoms with Gasteiger partial charge < -0.3 is 26.0 Å². The van der Waals surface area contributed by atoms with Gasteiger partial charge in [-0.25, -0.2) is 0 Å². The maximum absolute atomic E-state index is 8.87. The van der Waals surface area contributed by atoms with E-state index in [4.69, 9.17) is 21.6 Å². The van der Waals surface area contributed by atoms with Crippen molar-refractivity contribution >= 4 is 35.4 Å². The van der Waals surface area contributed by atoms with Gasteiger partial charge in [0, 0.05) is 18.6 Å². The summed E-state index contributed by atoms with van der Waals surface area (Å²) in [6.45, 7) is 14.9. The van der Waals surface area contributed by atoms with E-state index >= 15 is 0 Å². The second kappa shape index (κ2) is 12.0. The molecule has 2 aromatic heterocycles. The van der Waals surface area contributed by atoms with Crippen LogP contribution in [0, 0.1) is 11.3 Å². The summed E-state index contributed by atoms with van der Waals surface area (Å²) in [7, 11) is 1.53. The molecule has 0 saturated carbocycles. The number of nitrogens with zero attached hydrogens (tertiary/aromatic N) is 7. The Bertz CT molecular complexity index is 908. The van der Waals surface area contributed by atoms with Gasteiger partial charge in [-0.3, -0.25) is 0 Å². The van der Waals surface area contributed by atoms with E-state index in [-0.39, 0.29) is 16.8 Å². The number of aromatic nitrogens is 6. The SMILES string of the molecule is CCNc1nc(Cl)nc(NC(C)(C)C#N)n1.CCNc1nc(NC(C)(C)C)nc(OC)n1. The Labute approximate surface area is 194 Å². The van der Waals surface area contributed by atoms with Gasteiger partial charge in [-0.05, 0) is 60.1 Å². The molecular weight excluding hydrogens is 434 g/mol. The van der Waals surface area contributed by atoms with E-state index in [2.05, 4.69) is 57.2 Å². The first-order valence-corrected chi connectivity index (χ1v) is 10.5. The summed E-state index contributed by atoms with van der Waals surface area (Å²) >= 11 is 5.73. The Balaban J connectivity index is 0.000000320. The van der Waals surface area contributed by atoms with Crippen LogP contribution in [-0.2, 0) is 0 Å². The number of nitrogens with one attached hydrogen (secondary N) is 4. The zero-order valence-electron chi connectivity index (χ0n) is 19.8. The molecule has 0 saturated heterocycles. The Kier molecular flexibility index (Phi) is 10.1. The molecule has 32 heavy (non-hydrogen) atoms. The number of methoxy groups -OCH3 is 1. The van der Waals surface area contributed by atoms with Gasteiger partial charge in [0.05, 0.1) is 13.2 Å². The highest BCUT2D eigenvalue weighted by Crippen LogP contribution is 2.15. The fourth-order valence-electron chi connectivity index (χ4n) is 2.03. The lowest BCUT2D eigenvalue weighted by Gasteiger charge is -2.20. The molecule has 12 nitrogen and oxygen atoms in total. The van der Waals surface area contributed by atoms with Crippen LogP contribution in [0.2, 0.25) is 5.28 Å². The molecule has 0 unspecified atom stereocenters. The summed E-state index contributed by atoms with van der Waals surface area (Å²) in [5, 5.41) is 20.9. The van der Waals surface area contributed by atoms with Gasteiger partial charge in [0.15, 0.2) is 0 Å². The minimum atomic E-state index is -0.756. The summed E-state index contributed by atoms with van der Waals surface area (Å²) in [6, 6.07) is 2.39. The molecule has 13 heteroatoms. The standard InChI is InChI=1S/C10H19N5O.C9H13ClN6/c1-6-11-7-12-8(15-10(2,3)4)14-9(13-7)16-5;1-4-12-7-13-6(10)14-8(15-7)16-9(2,3)5-11/h6H2,1-5H3,(H2,11,12,13,14,15);4H2,1-3H3,(H2,12,13,14,15,16). The monoisotopic (exact) mass is 465 g/mol. The highest BCUT2D eigenvalue weighted by atomic mass is 35.5. The van der Waals surface area contributed by atoms with E-state index in [1.54, 1.807) is 13.8 Å². The Morgan fingerprint density at radius 1 is 0.812 bits per heavy atom.